The first kappa shape index (κ1) is 11.7. The lowest BCUT2D eigenvalue weighted by Crippen LogP contribution is -2.35. The number of carbonyl (C=O) groups is 1. The maximum atomic E-state index is 11.6. The minimum atomic E-state index is -0.0828. The van der Waals surface area contributed by atoms with E-state index in [0.29, 0.717) is 18.3 Å². The van der Waals surface area contributed by atoms with E-state index in [1.54, 1.807) is 24.1 Å². The van der Waals surface area contributed by atoms with Crippen LogP contribution in [0.5, 0.6) is 0 Å². The summed E-state index contributed by atoms with van der Waals surface area (Å²) in [5.41, 5.74) is 0.583. The first-order valence-electron chi connectivity index (χ1n) is 5.09. The molecule has 0 unspecified atom stereocenters. The molecular formula is C10H18N4O. The summed E-state index contributed by atoms with van der Waals surface area (Å²) in [6.07, 6.45) is 3.17. The highest BCUT2D eigenvalue weighted by Crippen LogP contribution is 1.94. The van der Waals surface area contributed by atoms with E-state index in [9.17, 15) is 4.79 Å². The number of imidazole rings is 1. The summed E-state index contributed by atoms with van der Waals surface area (Å²) in [7, 11) is 1.80. The summed E-state index contributed by atoms with van der Waals surface area (Å²) in [5.74, 6) is -0.0828. The first-order valence-corrected chi connectivity index (χ1v) is 5.09. The van der Waals surface area contributed by atoms with Gasteiger partial charge in [-0.1, -0.05) is 13.8 Å². The summed E-state index contributed by atoms with van der Waals surface area (Å²) >= 11 is 0. The van der Waals surface area contributed by atoms with Crippen LogP contribution in [-0.2, 0) is 7.05 Å². The molecule has 1 heterocycles. The molecule has 0 radical (unpaired) electrons. The summed E-state index contributed by atoms with van der Waals surface area (Å²) in [6.45, 7) is 5.55. The molecule has 1 aromatic rings. The molecular weight excluding hydrogens is 192 g/mol. The van der Waals surface area contributed by atoms with Crippen molar-refractivity contribution in [3.63, 3.8) is 0 Å². The number of hydrogen-bond donors (Lipinski definition) is 2. The minimum absolute atomic E-state index is 0.0828. The predicted molar refractivity (Wildman–Crippen MR) is 58.7 cm³/mol. The third-order valence-corrected chi connectivity index (χ3v) is 2.01. The maximum Gasteiger partial charge on any atom is 0.269 e. The second-order valence-electron chi connectivity index (χ2n) is 3.75. The van der Waals surface area contributed by atoms with Gasteiger partial charge in [-0.15, -0.1) is 0 Å². The van der Waals surface area contributed by atoms with Gasteiger partial charge in [0.2, 0.25) is 0 Å². The Bertz CT molecular complexity index is 319. The van der Waals surface area contributed by atoms with Gasteiger partial charge < -0.3 is 15.2 Å². The smallest absolute Gasteiger partial charge is 0.269 e. The topological polar surface area (TPSA) is 58.9 Å². The molecule has 2 N–H and O–H groups in total. The van der Waals surface area contributed by atoms with Crippen LogP contribution >= 0.6 is 0 Å². The van der Waals surface area contributed by atoms with E-state index in [4.69, 9.17) is 0 Å². The predicted octanol–water partition coefficient (Wildman–Crippen LogP) is 0.148. The lowest BCUT2D eigenvalue weighted by molar-refractivity contribution is 0.0945. The maximum absolute atomic E-state index is 11.6. The summed E-state index contributed by atoms with van der Waals surface area (Å²) in [5, 5.41) is 6.04. The van der Waals surface area contributed by atoms with Crippen molar-refractivity contribution in [2.24, 2.45) is 7.05 Å². The fourth-order valence-electron chi connectivity index (χ4n) is 1.20. The van der Waals surface area contributed by atoms with Crippen molar-refractivity contribution in [2.45, 2.75) is 19.9 Å². The van der Waals surface area contributed by atoms with Crippen molar-refractivity contribution in [1.82, 2.24) is 20.2 Å². The van der Waals surface area contributed by atoms with Gasteiger partial charge in [0, 0.05) is 26.2 Å². The lowest BCUT2D eigenvalue weighted by Gasteiger charge is -2.09. The molecule has 0 aliphatic heterocycles. The zero-order valence-corrected chi connectivity index (χ0v) is 9.45. The second-order valence-corrected chi connectivity index (χ2v) is 3.75. The molecule has 0 saturated heterocycles. The van der Waals surface area contributed by atoms with Gasteiger partial charge in [0.25, 0.3) is 5.91 Å². The number of carbonyl (C=O) groups excluding carboxylic acids is 1. The molecule has 0 aliphatic rings. The standard InChI is InChI=1S/C10H18N4O/c1-8(2)12-4-5-13-10(15)9-6-11-7-14(9)3/h6-8,12H,4-5H2,1-3H3,(H,13,15). The van der Waals surface area contributed by atoms with Gasteiger partial charge >= 0.3 is 0 Å². The third-order valence-electron chi connectivity index (χ3n) is 2.01. The highest BCUT2D eigenvalue weighted by atomic mass is 16.1. The van der Waals surface area contributed by atoms with E-state index in [0.717, 1.165) is 6.54 Å². The quantitative estimate of drug-likeness (QED) is 0.680. The second kappa shape index (κ2) is 5.50. The van der Waals surface area contributed by atoms with Crippen molar-refractivity contribution in [3.8, 4) is 0 Å². The van der Waals surface area contributed by atoms with Crippen LogP contribution < -0.4 is 10.6 Å². The zero-order valence-electron chi connectivity index (χ0n) is 9.45. The van der Waals surface area contributed by atoms with E-state index in [2.05, 4.69) is 29.5 Å². The largest absolute Gasteiger partial charge is 0.349 e. The average molecular weight is 210 g/mol. The van der Waals surface area contributed by atoms with Gasteiger partial charge in [0.15, 0.2) is 0 Å². The molecule has 15 heavy (non-hydrogen) atoms. The fraction of sp³-hybridized carbons (Fsp3) is 0.600. The molecule has 0 atom stereocenters. The van der Waals surface area contributed by atoms with Crippen LogP contribution in [0.3, 0.4) is 0 Å². The van der Waals surface area contributed by atoms with Gasteiger partial charge in [-0.25, -0.2) is 4.98 Å². The summed E-state index contributed by atoms with van der Waals surface area (Å²) < 4.78 is 1.70. The number of nitrogens with one attached hydrogen (secondary N) is 2. The van der Waals surface area contributed by atoms with Crippen LogP contribution in [0.2, 0.25) is 0 Å². The Kier molecular flexibility index (Phi) is 4.30. The molecule has 5 heteroatoms. The van der Waals surface area contributed by atoms with Crippen LogP contribution in [-0.4, -0.2) is 34.6 Å². The van der Waals surface area contributed by atoms with Gasteiger partial charge in [-0.05, 0) is 0 Å². The molecule has 1 rings (SSSR count). The Morgan fingerprint density at radius 3 is 2.80 bits per heavy atom. The van der Waals surface area contributed by atoms with E-state index < -0.39 is 0 Å². The Balaban J connectivity index is 2.28. The van der Waals surface area contributed by atoms with Crippen LogP contribution in [0.15, 0.2) is 12.5 Å². The van der Waals surface area contributed by atoms with Crippen molar-refractivity contribution < 1.29 is 4.79 Å². The number of nitrogens with zero attached hydrogens (tertiary/aromatic N) is 2. The number of aromatic nitrogens is 2. The Morgan fingerprint density at radius 1 is 1.53 bits per heavy atom. The van der Waals surface area contributed by atoms with E-state index in [-0.39, 0.29) is 5.91 Å². The average Bonchev–Trinajstić information content (AvgIpc) is 2.58. The van der Waals surface area contributed by atoms with Crippen LogP contribution in [0.25, 0.3) is 0 Å². The number of rotatable bonds is 5. The summed E-state index contributed by atoms with van der Waals surface area (Å²) in [4.78, 5) is 15.5. The molecule has 5 nitrogen and oxygen atoms in total. The molecule has 0 saturated carbocycles. The number of amides is 1. The molecule has 84 valence electrons. The SMILES string of the molecule is CC(C)NCCNC(=O)c1cncn1C. The summed E-state index contributed by atoms with van der Waals surface area (Å²) in [6, 6.07) is 0.443. The van der Waals surface area contributed by atoms with Crippen molar-refractivity contribution in [1.29, 1.82) is 0 Å². The van der Waals surface area contributed by atoms with Gasteiger partial charge in [0.05, 0.1) is 12.5 Å². The van der Waals surface area contributed by atoms with Crippen LogP contribution in [0.4, 0.5) is 0 Å². The normalized spacial score (nSPS) is 10.7. The number of hydrogen-bond acceptors (Lipinski definition) is 3. The Hall–Kier alpha value is -1.36. The molecule has 0 fully saturated rings. The molecule has 1 aromatic heterocycles. The van der Waals surface area contributed by atoms with Crippen molar-refractivity contribution >= 4 is 5.91 Å². The van der Waals surface area contributed by atoms with E-state index in [1.807, 2.05) is 0 Å². The number of aryl methyl sites for hydroxylation is 1. The monoisotopic (exact) mass is 210 g/mol. The Labute approximate surface area is 89.9 Å². The fourth-order valence-corrected chi connectivity index (χ4v) is 1.20. The van der Waals surface area contributed by atoms with Gasteiger partial charge in [0.1, 0.15) is 5.69 Å². The molecule has 1 amide bonds. The van der Waals surface area contributed by atoms with Gasteiger partial charge in [-0.3, -0.25) is 4.79 Å². The van der Waals surface area contributed by atoms with Gasteiger partial charge in [-0.2, -0.15) is 0 Å². The van der Waals surface area contributed by atoms with Crippen molar-refractivity contribution in [2.75, 3.05) is 13.1 Å². The lowest BCUT2D eigenvalue weighted by atomic mass is 10.4. The third kappa shape index (κ3) is 3.71. The highest BCUT2D eigenvalue weighted by Gasteiger charge is 2.07. The zero-order chi connectivity index (χ0) is 11.3. The first-order chi connectivity index (χ1) is 7.11. The van der Waals surface area contributed by atoms with Crippen LogP contribution in [0.1, 0.15) is 24.3 Å². The van der Waals surface area contributed by atoms with E-state index >= 15 is 0 Å². The molecule has 0 spiro atoms. The minimum Gasteiger partial charge on any atom is -0.349 e. The molecule has 0 bridgehead atoms. The highest BCUT2D eigenvalue weighted by molar-refractivity contribution is 5.92. The Morgan fingerprint density at radius 2 is 2.27 bits per heavy atom. The van der Waals surface area contributed by atoms with E-state index in [1.165, 1.54) is 0 Å². The molecule has 0 aromatic carbocycles. The van der Waals surface area contributed by atoms with Crippen molar-refractivity contribution in [3.05, 3.63) is 18.2 Å². The van der Waals surface area contributed by atoms with Crippen LogP contribution in [0, 0.1) is 0 Å². The molecule has 0 aliphatic carbocycles.